The summed E-state index contributed by atoms with van der Waals surface area (Å²) in [7, 11) is -2.49. The Hall–Kier alpha value is -2.34. The van der Waals surface area contributed by atoms with E-state index < -0.39 is 16.0 Å². The lowest BCUT2D eigenvalue weighted by atomic mass is 10.2. The van der Waals surface area contributed by atoms with E-state index in [1.807, 2.05) is 6.07 Å². The highest BCUT2D eigenvalue weighted by atomic mass is 32.2. The van der Waals surface area contributed by atoms with Gasteiger partial charge in [-0.25, -0.2) is 13.2 Å². The summed E-state index contributed by atoms with van der Waals surface area (Å²) in [6, 6.07) is 14.7. The summed E-state index contributed by atoms with van der Waals surface area (Å²) >= 11 is 0. The van der Waals surface area contributed by atoms with Crippen LogP contribution in [0.4, 0.5) is 5.69 Å². The summed E-state index contributed by atoms with van der Waals surface area (Å²) in [5.74, 6) is -0.570. The third-order valence-corrected chi connectivity index (χ3v) is 5.07. The van der Waals surface area contributed by atoms with Crippen LogP contribution in [0.3, 0.4) is 0 Å². The molecule has 0 fully saturated rings. The standard InChI is InChI=1S/C16H17NO4S/c1-3-17(14-9-5-4-6-10-14)22(19,20)15-11-7-8-13(12-15)16(18)21-2/h4-12H,3H2,1-2H3. The second-order valence-corrected chi connectivity index (χ2v) is 6.39. The number of benzene rings is 2. The number of para-hydroxylation sites is 1. The molecule has 0 bridgehead atoms. The summed E-state index contributed by atoms with van der Waals surface area (Å²) in [5, 5.41) is 0. The van der Waals surface area contributed by atoms with Gasteiger partial charge >= 0.3 is 5.97 Å². The molecule has 0 heterocycles. The zero-order chi connectivity index (χ0) is 16.2. The van der Waals surface area contributed by atoms with Gasteiger partial charge in [0, 0.05) is 6.54 Å². The molecule has 2 aromatic rings. The van der Waals surface area contributed by atoms with Crippen LogP contribution in [0.2, 0.25) is 0 Å². The van der Waals surface area contributed by atoms with Crippen LogP contribution in [0.1, 0.15) is 17.3 Å². The van der Waals surface area contributed by atoms with Gasteiger partial charge in [0.1, 0.15) is 0 Å². The number of hydrogen-bond donors (Lipinski definition) is 0. The Morgan fingerprint density at radius 1 is 1.09 bits per heavy atom. The van der Waals surface area contributed by atoms with Gasteiger partial charge in [-0.15, -0.1) is 0 Å². The number of esters is 1. The average molecular weight is 319 g/mol. The Morgan fingerprint density at radius 3 is 2.36 bits per heavy atom. The molecule has 0 aliphatic carbocycles. The maximum Gasteiger partial charge on any atom is 0.337 e. The Labute approximate surface area is 130 Å². The molecule has 0 aliphatic rings. The summed E-state index contributed by atoms with van der Waals surface area (Å²) in [6.07, 6.45) is 0. The number of carbonyl (C=O) groups excluding carboxylic acids is 1. The van der Waals surface area contributed by atoms with Gasteiger partial charge in [0.25, 0.3) is 10.0 Å². The van der Waals surface area contributed by atoms with Crippen LogP contribution in [0.25, 0.3) is 0 Å². The Kier molecular flexibility index (Phi) is 4.82. The summed E-state index contributed by atoms with van der Waals surface area (Å²) in [4.78, 5) is 11.6. The highest BCUT2D eigenvalue weighted by Crippen LogP contribution is 2.23. The van der Waals surface area contributed by atoms with Gasteiger partial charge in [0.05, 0.1) is 23.3 Å². The highest BCUT2D eigenvalue weighted by molar-refractivity contribution is 7.92. The molecule has 0 N–H and O–H groups in total. The van der Waals surface area contributed by atoms with Crippen molar-refractivity contribution in [2.45, 2.75) is 11.8 Å². The van der Waals surface area contributed by atoms with E-state index >= 15 is 0 Å². The largest absolute Gasteiger partial charge is 0.465 e. The molecule has 0 unspecified atom stereocenters. The molecule has 0 radical (unpaired) electrons. The molecule has 5 nitrogen and oxygen atoms in total. The lowest BCUT2D eigenvalue weighted by molar-refractivity contribution is 0.0600. The fourth-order valence-electron chi connectivity index (χ4n) is 2.11. The van der Waals surface area contributed by atoms with Crippen molar-refractivity contribution in [2.24, 2.45) is 0 Å². The number of sulfonamides is 1. The van der Waals surface area contributed by atoms with E-state index in [4.69, 9.17) is 0 Å². The van der Waals surface area contributed by atoms with Crippen LogP contribution in [0.15, 0.2) is 59.5 Å². The number of nitrogens with zero attached hydrogens (tertiary/aromatic N) is 1. The fourth-order valence-corrected chi connectivity index (χ4v) is 3.63. The van der Waals surface area contributed by atoms with Gasteiger partial charge in [-0.05, 0) is 37.3 Å². The van der Waals surface area contributed by atoms with Crippen LogP contribution in [-0.2, 0) is 14.8 Å². The molecule has 0 amide bonds. The molecule has 116 valence electrons. The molecule has 0 saturated heterocycles. The predicted octanol–water partition coefficient (Wildman–Crippen LogP) is 2.69. The van der Waals surface area contributed by atoms with E-state index in [1.165, 1.54) is 35.7 Å². The number of rotatable bonds is 5. The summed E-state index contributed by atoms with van der Waals surface area (Å²) < 4.78 is 31.5. The van der Waals surface area contributed by atoms with E-state index in [-0.39, 0.29) is 17.0 Å². The monoisotopic (exact) mass is 319 g/mol. The molecule has 0 aliphatic heterocycles. The van der Waals surface area contributed by atoms with E-state index in [2.05, 4.69) is 4.74 Å². The van der Waals surface area contributed by atoms with Crippen molar-refractivity contribution >= 4 is 21.7 Å². The minimum atomic E-state index is -3.74. The molecular formula is C16H17NO4S. The van der Waals surface area contributed by atoms with E-state index in [9.17, 15) is 13.2 Å². The van der Waals surface area contributed by atoms with Crippen molar-refractivity contribution in [3.8, 4) is 0 Å². The second-order valence-electron chi connectivity index (χ2n) is 4.52. The maximum absolute atomic E-state index is 12.8. The molecule has 2 rings (SSSR count). The van der Waals surface area contributed by atoms with E-state index in [1.54, 1.807) is 31.2 Å². The Bertz CT molecular complexity index is 757. The zero-order valence-corrected chi connectivity index (χ0v) is 13.2. The number of anilines is 1. The minimum Gasteiger partial charge on any atom is -0.465 e. The fraction of sp³-hybridized carbons (Fsp3) is 0.188. The van der Waals surface area contributed by atoms with Gasteiger partial charge in [0.2, 0.25) is 0 Å². The SMILES string of the molecule is CCN(c1ccccc1)S(=O)(=O)c1cccc(C(=O)OC)c1. The molecule has 0 atom stereocenters. The molecule has 0 saturated carbocycles. The molecule has 0 spiro atoms. The van der Waals surface area contributed by atoms with Crippen molar-refractivity contribution in [1.82, 2.24) is 0 Å². The van der Waals surface area contributed by atoms with E-state index in [0.29, 0.717) is 5.69 Å². The smallest absolute Gasteiger partial charge is 0.337 e. The first-order chi connectivity index (χ1) is 10.5. The van der Waals surface area contributed by atoms with Crippen LogP contribution in [-0.4, -0.2) is 28.0 Å². The van der Waals surface area contributed by atoms with Gasteiger partial charge in [-0.2, -0.15) is 0 Å². The number of methoxy groups -OCH3 is 1. The predicted molar refractivity (Wildman–Crippen MR) is 84.4 cm³/mol. The third kappa shape index (κ3) is 3.12. The molecule has 2 aromatic carbocycles. The minimum absolute atomic E-state index is 0.0566. The number of hydrogen-bond acceptors (Lipinski definition) is 4. The van der Waals surface area contributed by atoms with Gasteiger partial charge in [0.15, 0.2) is 0 Å². The molecule has 22 heavy (non-hydrogen) atoms. The lowest BCUT2D eigenvalue weighted by Crippen LogP contribution is -2.30. The van der Waals surface area contributed by atoms with Crippen LogP contribution in [0.5, 0.6) is 0 Å². The van der Waals surface area contributed by atoms with Crippen molar-refractivity contribution in [3.63, 3.8) is 0 Å². The van der Waals surface area contributed by atoms with E-state index in [0.717, 1.165) is 0 Å². The van der Waals surface area contributed by atoms with Gasteiger partial charge < -0.3 is 4.74 Å². The van der Waals surface area contributed by atoms with Crippen molar-refractivity contribution in [3.05, 3.63) is 60.2 Å². The number of carbonyl (C=O) groups is 1. The summed E-state index contributed by atoms with van der Waals surface area (Å²) in [5.41, 5.74) is 0.779. The third-order valence-electron chi connectivity index (χ3n) is 3.17. The topological polar surface area (TPSA) is 63.7 Å². The normalized spacial score (nSPS) is 11.0. The van der Waals surface area contributed by atoms with Crippen molar-refractivity contribution in [1.29, 1.82) is 0 Å². The Morgan fingerprint density at radius 2 is 1.77 bits per heavy atom. The first-order valence-corrected chi connectivity index (χ1v) is 8.21. The lowest BCUT2D eigenvalue weighted by Gasteiger charge is -2.23. The average Bonchev–Trinajstić information content (AvgIpc) is 2.55. The van der Waals surface area contributed by atoms with Gasteiger partial charge in [-0.3, -0.25) is 4.31 Å². The molecule has 6 heteroatoms. The van der Waals surface area contributed by atoms with Crippen molar-refractivity contribution < 1.29 is 17.9 Å². The highest BCUT2D eigenvalue weighted by Gasteiger charge is 2.24. The van der Waals surface area contributed by atoms with Gasteiger partial charge in [-0.1, -0.05) is 24.3 Å². The first-order valence-electron chi connectivity index (χ1n) is 6.77. The molecular weight excluding hydrogens is 302 g/mol. The first kappa shape index (κ1) is 16.0. The zero-order valence-electron chi connectivity index (χ0n) is 12.4. The maximum atomic E-state index is 12.8. The van der Waals surface area contributed by atoms with Crippen molar-refractivity contribution in [2.75, 3.05) is 18.0 Å². The van der Waals surface area contributed by atoms with Crippen LogP contribution in [0, 0.1) is 0 Å². The van der Waals surface area contributed by atoms with Crippen LogP contribution < -0.4 is 4.31 Å². The van der Waals surface area contributed by atoms with Crippen LogP contribution >= 0.6 is 0 Å². The number of ether oxygens (including phenoxy) is 1. The molecule has 0 aromatic heterocycles. The quantitative estimate of drug-likeness (QED) is 0.795. The Balaban J connectivity index is 2.47. The second kappa shape index (κ2) is 6.62. The summed E-state index contributed by atoms with van der Waals surface area (Å²) in [6.45, 7) is 2.05.